The van der Waals surface area contributed by atoms with Crippen LogP contribution in [0.25, 0.3) is 0 Å². The highest BCUT2D eigenvalue weighted by Gasteiger charge is 2.34. The average Bonchev–Trinajstić information content (AvgIpc) is 2.39. The van der Waals surface area contributed by atoms with Gasteiger partial charge in [0.05, 0.1) is 0 Å². The van der Waals surface area contributed by atoms with Crippen LogP contribution in [0.2, 0.25) is 0 Å². The molecule has 1 radical (unpaired) electrons. The minimum atomic E-state index is 0.637. The van der Waals surface area contributed by atoms with Crippen molar-refractivity contribution in [1.29, 1.82) is 0 Å². The summed E-state index contributed by atoms with van der Waals surface area (Å²) in [6.45, 7) is 2.50. The molecule has 2 rings (SSSR count). The lowest BCUT2D eigenvalue weighted by Crippen LogP contribution is -2.38. The molecule has 1 heterocycles. The molecule has 0 aromatic heterocycles. The zero-order valence-electron chi connectivity index (χ0n) is 6.53. The summed E-state index contributed by atoms with van der Waals surface area (Å²) >= 11 is 0. The molecule has 1 atom stereocenters. The summed E-state index contributed by atoms with van der Waals surface area (Å²) < 4.78 is 0. The van der Waals surface area contributed by atoms with Crippen LogP contribution in [0.15, 0.2) is 0 Å². The number of piperidine rings is 1. The SMILES string of the molecule is [CH]1CCCC12CCCNC2. The van der Waals surface area contributed by atoms with E-state index in [0.29, 0.717) is 5.41 Å². The number of hydrogen-bond donors (Lipinski definition) is 1. The first kappa shape index (κ1) is 6.66. The maximum absolute atomic E-state index is 3.49. The van der Waals surface area contributed by atoms with Crippen molar-refractivity contribution in [3.8, 4) is 0 Å². The predicted octanol–water partition coefficient (Wildman–Crippen LogP) is 1.74. The van der Waals surface area contributed by atoms with Gasteiger partial charge in [0, 0.05) is 6.54 Å². The van der Waals surface area contributed by atoms with Crippen molar-refractivity contribution in [2.24, 2.45) is 5.41 Å². The molecule has 1 aliphatic heterocycles. The molecule has 1 unspecified atom stereocenters. The monoisotopic (exact) mass is 138 g/mol. The molecule has 10 heavy (non-hydrogen) atoms. The Labute approximate surface area is 63.2 Å². The van der Waals surface area contributed by atoms with Gasteiger partial charge in [-0.15, -0.1) is 0 Å². The minimum absolute atomic E-state index is 0.637. The van der Waals surface area contributed by atoms with Gasteiger partial charge in [-0.3, -0.25) is 0 Å². The third-order valence-corrected chi connectivity index (χ3v) is 2.96. The van der Waals surface area contributed by atoms with Crippen LogP contribution >= 0.6 is 0 Å². The van der Waals surface area contributed by atoms with Crippen LogP contribution in [0.3, 0.4) is 0 Å². The summed E-state index contributed by atoms with van der Waals surface area (Å²) in [5.74, 6) is 0. The summed E-state index contributed by atoms with van der Waals surface area (Å²) in [6, 6.07) is 0. The molecular weight excluding hydrogens is 122 g/mol. The van der Waals surface area contributed by atoms with Gasteiger partial charge in [-0.1, -0.05) is 6.42 Å². The van der Waals surface area contributed by atoms with E-state index in [1.807, 2.05) is 0 Å². The zero-order valence-corrected chi connectivity index (χ0v) is 6.53. The second-order valence-corrected chi connectivity index (χ2v) is 3.74. The van der Waals surface area contributed by atoms with E-state index in [4.69, 9.17) is 0 Å². The first-order valence-corrected chi connectivity index (χ1v) is 4.46. The van der Waals surface area contributed by atoms with E-state index in [1.54, 1.807) is 0 Å². The van der Waals surface area contributed by atoms with Crippen LogP contribution in [0.5, 0.6) is 0 Å². The fraction of sp³-hybridized carbons (Fsp3) is 0.889. The topological polar surface area (TPSA) is 12.0 Å². The van der Waals surface area contributed by atoms with Crippen molar-refractivity contribution < 1.29 is 0 Å². The second-order valence-electron chi connectivity index (χ2n) is 3.74. The molecule has 2 fully saturated rings. The van der Waals surface area contributed by atoms with Crippen LogP contribution < -0.4 is 5.32 Å². The first-order chi connectivity index (χ1) is 4.91. The second kappa shape index (κ2) is 2.54. The van der Waals surface area contributed by atoms with Gasteiger partial charge in [-0.05, 0) is 44.1 Å². The van der Waals surface area contributed by atoms with Crippen molar-refractivity contribution in [2.75, 3.05) is 13.1 Å². The predicted molar refractivity (Wildman–Crippen MR) is 42.7 cm³/mol. The smallest absolute Gasteiger partial charge is 0.00106 e. The van der Waals surface area contributed by atoms with Crippen LogP contribution in [0.1, 0.15) is 32.1 Å². The van der Waals surface area contributed by atoms with Crippen LogP contribution in [-0.4, -0.2) is 13.1 Å². The van der Waals surface area contributed by atoms with Crippen molar-refractivity contribution in [3.05, 3.63) is 6.42 Å². The standard InChI is InChI=1S/C9H16N/c1-2-5-9(4-1)6-3-7-10-8-9/h4,10H,1-3,5-8H2. The normalized spacial score (nSPS) is 31.2. The van der Waals surface area contributed by atoms with Gasteiger partial charge in [0.2, 0.25) is 0 Å². The van der Waals surface area contributed by atoms with Gasteiger partial charge in [-0.25, -0.2) is 0 Å². The van der Waals surface area contributed by atoms with Crippen molar-refractivity contribution in [3.63, 3.8) is 0 Å². The molecule has 1 aliphatic carbocycles. The van der Waals surface area contributed by atoms with Gasteiger partial charge in [0.25, 0.3) is 0 Å². The van der Waals surface area contributed by atoms with E-state index >= 15 is 0 Å². The molecule has 1 spiro atoms. The van der Waals surface area contributed by atoms with Crippen molar-refractivity contribution in [2.45, 2.75) is 32.1 Å². The maximum atomic E-state index is 3.49. The lowest BCUT2D eigenvalue weighted by molar-refractivity contribution is 0.263. The molecule has 1 nitrogen and oxygen atoms in total. The van der Waals surface area contributed by atoms with E-state index < -0.39 is 0 Å². The summed E-state index contributed by atoms with van der Waals surface area (Å²) in [5.41, 5.74) is 0.637. The largest absolute Gasteiger partial charge is 0.316 e. The molecular formula is C9H16N. The quantitative estimate of drug-likeness (QED) is 0.537. The zero-order chi connectivity index (χ0) is 6.86. The third kappa shape index (κ3) is 1.07. The highest BCUT2D eigenvalue weighted by atomic mass is 14.9. The Morgan fingerprint density at radius 2 is 2.10 bits per heavy atom. The summed E-state index contributed by atoms with van der Waals surface area (Å²) in [5, 5.41) is 3.49. The molecule has 1 heteroatoms. The molecule has 1 N–H and O–H groups in total. The first-order valence-electron chi connectivity index (χ1n) is 4.46. The van der Waals surface area contributed by atoms with Gasteiger partial charge in [-0.2, -0.15) is 0 Å². The molecule has 57 valence electrons. The Bertz CT molecular complexity index is 106. The Morgan fingerprint density at radius 3 is 2.70 bits per heavy atom. The molecule has 0 aromatic carbocycles. The van der Waals surface area contributed by atoms with Crippen LogP contribution in [-0.2, 0) is 0 Å². The maximum Gasteiger partial charge on any atom is 0.00106 e. The van der Waals surface area contributed by atoms with E-state index in [2.05, 4.69) is 11.7 Å². The Hall–Kier alpha value is -0.0400. The fourth-order valence-corrected chi connectivity index (χ4v) is 2.34. The molecule has 1 saturated carbocycles. The van der Waals surface area contributed by atoms with Gasteiger partial charge in [0.15, 0.2) is 0 Å². The molecule has 0 amide bonds. The summed E-state index contributed by atoms with van der Waals surface area (Å²) in [4.78, 5) is 0. The molecule has 0 aromatic rings. The average molecular weight is 138 g/mol. The molecule has 2 aliphatic rings. The lowest BCUT2D eigenvalue weighted by atomic mass is 9.79. The van der Waals surface area contributed by atoms with Gasteiger partial charge >= 0.3 is 0 Å². The Balaban J connectivity index is 1.98. The summed E-state index contributed by atoms with van der Waals surface area (Å²) in [6.07, 6.45) is 9.62. The third-order valence-electron chi connectivity index (χ3n) is 2.96. The van der Waals surface area contributed by atoms with Gasteiger partial charge in [0.1, 0.15) is 0 Å². The molecule has 0 bridgehead atoms. The number of hydrogen-bond acceptors (Lipinski definition) is 1. The van der Waals surface area contributed by atoms with Crippen molar-refractivity contribution in [1.82, 2.24) is 5.32 Å². The fourth-order valence-electron chi connectivity index (χ4n) is 2.34. The summed E-state index contributed by atoms with van der Waals surface area (Å²) in [7, 11) is 0. The van der Waals surface area contributed by atoms with E-state index in [0.717, 1.165) is 0 Å². The van der Waals surface area contributed by atoms with E-state index in [-0.39, 0.29) is 0 Å². The highest BCUT2D eigenvalue weighted by Crippen LogP contribution is 2.41. The Morgan fingerprint density at radius 1 is 1.20 bits per heavy atom. The Kier molecular flexibility index (Phi) is 1.69. The van der Waals surface area contributed by atoms with E-state index in [9.17, 15) is 0 Å². The molecule has 1 saturated heterocycles. The van der Waals surface area contributed by atoms with E-state index in [1.165, 1.54) is 45.2 Å². The van der Waals surface area contributed by atoms with Gasteiger partial charge < -0.3 is 5.32 Å². The van der Waals surface area contributed by atoms with Crippen molar-refractivity contribution >= 4 is 0 Å². The highest BCUT2D eigenvalue weighted by molar-refractivity contribution is 5.00. The number of rotatable bonds is 0. The van der Waals surface area contributed by atoms with Crippen LogP contribution in [0.4, 0.5) is 0 Å². The number of nitrogens with one attached hydrogen (secondary N) is 1. The minimum Gasteiger partial charge on any atom is -0.316 e. The lowest BCUT2D eigenvalue weighted by Gasteiger charge is -2.33. The van der Waals surface area contributed by atoms with Crippen LogP contribution in [0, 0.1) is 11.8 Å².